The molecule has 3 aromatic carbocycles. The van der Waals surface area contributed by atoms with Crippen molar-refractivity contribution in [1.29, 1.82) is 0 Å². The predicted octanol–water partition coefficient (Wildman–Crippen LogP) is 12.0. The lowest BCUT2D eigenvalue weighted by molar-refractivity contribution is 0.199. The van der Waals surface area contributed by atoms with Crippen LogP contribution in [0.3, 0.4) is 0 Å². The molecule has 0 spiro atoms. The van der Waals surface area contributed by atoms with Gasteiger partial charge in [0.2, 0.25) is 0 Å². The summed E-state index contributed by atoms with van der Waals surface area (Å²) in [5, 5.41) is 7.54. The third-order valence-corrected chi connectivity index (χ3v) is 15.1. The molecule has 0 fully saturated rings. The van der Waals surface area contributed by atoms with E-state index < -0.39 is 0 Å². The van der Waals surface area contributed by atoms with Crippen molar-refractivity contribution in [2.45, 2.75) is 78.1 Å². The maximum Gasteiger partial charge on any atom is 0.162 e. The van der Waals surface area contributed by atoms with E-state index in [-0.39, 0.29) is 24.2 Å². The highest BCUT2D eigenvalue weighted by Crippen LogP contribution is 2.46. The lowest BCUT2D eigenvalue weighted by Gasteiger charge is -2.29. The fourth-order valence-corrected chi connectivity index (χ4v) is 11.5. The standard InChI is InChI=1S/C58H57N11OS2/c1-34-18-19-48(45(29-34)50-38(5)71-53-52(50)67-55(41-20-25-61-26-21-41)68-57(53)64-33-43(59)31-39-13-8-6-9-14-39)70-35(2)30-47(46(60)32-40-15-10-7-11-16-40)65-58-54-51(66-56(69-58)42-22-27-62-28-23-42)49(37(4)72-54)44-17-12-24-63-36(44)3/h6-29,35,43,46-47H,30-33,59-60H2,1-5H3,(H,64,67,68)(H,65,66,69). The highest BCUT2D eigenvalue weighted by Gasteiger charge is 2.28. The largest absolute Gasteiger partial charge is 0.490 e. The number of hydrogen-bond donors (Lipinski definition) is 4. The molecule has 7 aromatic heterocycles. The van der Waals surface area contributed by atoms with Crippen molar-refractivity contribution in [1.82, 2.24) is 34.9 Å². The Morgan fingerprint density at radius 1 is 0.597 bits per heavy atom. The molecule has 10 aromatic rings. The van der Waals surface area contributed by atoms with E-state index in [0.717, 1.165) is 104 Å². The summed E-state index contributed by atoms with van der Waals surface area (Å²) in [6.07, 6.45) is 10.5. The Labute approximate surface area is 428 Å². The van der Waals surface area contributed by atoms with Crippen molar-refractivity contribution in [2.24, 2.45) is 11.5 Å². The van der Waals surface area contributed by atoms with Gasteiger partial charge in [0.1, 0.15) is 17.4 Å². The zero-order valence-corrected chi connectivity index (χ0v) is 42.6. The van der Waals surface area contributed by atoms with Gasteiger partial charge in [0, 0.05) is 111 Å². The fraction of sp³-hybridized carbons (Fsp3) is 0.224. The maximum atomic E-state index is 7.34. The quantitative estimate of drug-likeness (QED) is 0.0641. The van der Waals surface area contributed by atoms with Crippen molar-refractivity contribution in [3.63, 3.8) is 0 Å². The second-order valence-corrected chi connectivity index (χ2v) is 20.9. The SMILES string of the molecule is Cc1ccc(OC(C)CC(Nc2nc(-c3ccncc3)nc3c(-c4cccnc4C)c(C)sc23)C(N)Cc2ccccc2)c(-c2c(C)sc3c(NCC(N)Cc4ccccc4)nc(-c4ccncc4)nc23)c1. The number of hydrogen-bond acceptors (Lipinski definition) is 14. The number of rotatable bonds is 18. The van der Waals surface area contributed by atoms with Gasteiger partial charge in [0.05, 0.1) is 26.5 Å². The Morgan fingerprint density at radius 2 is 1.17 bits per heavy atom. The smallest absolute Gasteiger partial charge is 0.162 e. The second-order valence-electron chi connectivity index (χ2n) is 18.4. The summed E-state index contributed by atoms with van der Waals surface area (Å²) >= 11 is 3.35. The van der Waals surface area contributed by atoms with E-state index in [1.54, 1.807) is 47.5 Å². The molecule has 14 heteroatoms. The van der Waals surface area contributed by atoms with Gasteiger partial charge in [-0.2, -0.15) is 0 Å². The first-order valence-electron chi connectivity index (χ1n) is 24.3. The van der Waals surface area contributed by atoms with Gasteiger partial charge >= 0.3 is 0 Å². The summed E-state index contributed by atoms with van der Waals surface area (Å²) in [7, 11) is 0. The summed E-state index contributed by atoms with van der Waals surface area (Å²) in [6, 6.07) is 38.2. The number of anilines is 2. The number of nitrogens with one attached hydrogen (secondary N) is 2. The molecule has 0 amide bonds. The van der Waals surface area contributed by atoms with Gasteiger partial charge in [0.25, 0.3) is 0 Å². The van der Waals surface area contributed by atoms with Crippen LogP contribution in [0, 0.1) is 27.7 Å². The first kappa shape index (κ1) is 48.2. The fourth-order valence-electron chi connectivity index (χ4n) is 9.36. The van der Waals surface area contributed by atoms with Gasteiger partial charge in [-0.15, -0.1) is 22.7 Å². The zero-order valence-electron chi connectivity index (χ0n) is 41.0. The van der Waals surface area contributed by atoms with Crippen LogP contribution >= 0.6 is 22.7 Å². The summed E-state index contributed by atoms with van der Waals surface area (Å²) in [5.74, 6) is 3.42. The normalized spacial score (nSPS) is 13.2. The Balaban J connectivity index is 1.01. The molecule has 4 unspecified atom stereocenters. The molecule has 0 bridgehead atoms. The van der Waals surface area contributed by atoms with Crippen LogP contribution in [0.4, 0.5) is 11.6 Å². The number of thiophene rings is 2. The number of aryl methyl sites for hydroxylation is 4. The third-order valence-electron chi connectivity index (χ3n) is 12.9. The summed E-state index contributed by atoms with van der Waals surface area (Å²) in [6.45, 7) is 11.1. The molecule has 0 radical (unpaired) electrons. The van der Waals surface area contributed by atoms with E-state index in [4.69, 9.17) is 36.1 Å². The highest BCUT2D eigenvalue weighted by atomic mass is 32.1. The molecular weight excluding hydrogens is 931 g/mol. The van der Waals surface area contributed by atoms with Crippen LogP contribution in [0.5, 0.6) is 5.75 Å². The number of nitrogens with two attached hydrogens (primary N) is 2. The van der Waals surface area contributed by atoms with Crippen molar-refractivity contribution in [3.05, 3.63) is 178 Å². The van der Waals surface area contributed by atoms with Crippen LogP contribution in [0.25, 0.3) is 65.5 Å². The van der Waals surface area contributed by atoms with Crippen LogP contribution in [0.2, 0.25) is 0 Å². The molecule has 6 N–H and O–H groups in total. The van der Waals surface area contributed by atoms with Crippen LogP contribution < -0.4 is 26.8 Å². The van der Waals surface area contributed by atoms with E-state index in [1.165, 1.54) is 5.56 Å². The van der Waals surface area contributed by atoms with E-state index in [0.29, 0.717) is 31.0 Å². The molecule has 7 heterocycles. The average molecular weight is 988 g/mol. The molecule has 10 rings (SSSR count). The molecule has 0 aliphatic heterocycles. The molecule has 0 saturated heterocycles. The monoisotopic (exact) mass is 987 g/mol. The van der Waals surface area contributed by atoms with E-state index >= 15 is 0 Å². The third kappa shape index (κ3) is 10.6. The molecule has 0 aliphatic rings. The molecule has 0 saturated carbocycles. The average Bonchev–Trinajstić information content (AvgIpc) is 3.91. The molecule has 362 valence electrons. The van der Waals surface area contributed by atoms with Crippen LogP contribution in [0.1, 0.15) is 45.5 Å². The van der Waals surface area contributed by atoms with Gasteiger partial charge < -0.3 is 26.8 Å². The Hall–Kier alpha value is -7.49. The van der Waals surface area contributed by atoms with Crippen LogP contribution in [-0.2, 0) is 12.8 Å². The number of benzene rings is 3. The van der Waals surface area contributed by atoms with Crippen molar-refractivity contribution < 1.29 is 4.74 Å². The van der Waals surface area contributed by atoms with Crippen molar-refractivity contribution in [3.8, 4) is 50.8 Å². The van der Waals surface area contributed by atoms with Gasteiger partial charge in [-0.25, -0.2) is 19.9 Å². The summed E-state index contributed by atoms with van der Waals surface area (Å²) in [5.41, 5.74) is 26.0. The van der Waals surface area contributed by atoms with Gasteiger partial charge in [-0.1, -0.05) is 78.4 Å². The number of ether oxygens (including phenoxy) is 1. The number of fused-ring (bicyclic) bond motifs is 2. The van der Waals surface area contributed by atoms with Crippen LogP contribution in [0.15, 0.2) is 146 Å². The van der Waals surface area contributed by atoms with Crippen LogP contribution in [-0.4, -0.2) is 65.7 Å². The number of pyridine rings is 3. The highest BCUT2D eigenvalue weighted by molar-refractivity contribution is 7.20. The van der Waals surface area contributed by atoms with E-state index in [2.05, 4.69) is 114 Å². The molecule has 4 atom stereocenters. The summed E-state index contributed by atoms with van der Waals surface area (Å²) < 4.78 is 9.04. The Morgan fingerprint density at radius 3 is 1.78 bits per heavy atom. The first-order valence-corrected chi connectivity index (χ1v) is 25.9. The molecule has 0 aliphatic carbocycles. The minimum absolute atomic E-state index is 0.133. The molecule has 72 heavy (non-hydrogen) atoms. The first-order chi connectivity index (χ1) is 35.1. The predicted molar refractivity (Wildman–Crippen MR) is 296 cm³/mol. The maximum absolute atomic E-state index is 7.34. The van der Waals surface area contributed by atoms with Gasteiger partial charge in [-0.05, 0) is 101 Å². The lowest BCUT2D eigenvalue weighted by atomic mass is 9.95. The lowest BCUT2D eigenvalue weighted by Crippen LogP contribution is -2.44. The van der Waals surface area contributed by atoms with Gasteiger partial charge in [0.15, 0.2) is 11.6 Å². The Bertz CT molecular complexity index is 3460. The second kappa shape index (κ2) is 21.5. The summed E-state index contributed by atoms with van der Waals surface area (Å²) in [4.78, 5) is 36.3. The topological polar surface area (TPSA) is 176 Å². The van der Waals surface area contributed by atoms with Gasteiger partial charge in [-0.3, -0.25) is 15.0 Å². The van der Waals surface area contributed by atoms with Crippen molar-refractivity contribution in [2.75, 3.05) is 17.2 Å². The van der Waals surface area contributed by atoms with Crippen molar-refractivity contribution >= 4 is 54.7 Å². The Kier molecular flexibility index (Phi) is 14.4. The molecular formula is C58H57N11OS2. The van der Waals surface area contributed by atoms with E-state index in [1.807, 2.05) is 67.7 Å². The number of aromatic nitrogens is 7. The number of nitrogens with zero attached hydrogens (tertiary/aromatic N) is 7. The zero-order chi connectivity index (χ0) is 49.7. The van der Waals surface area contributed by atoms with E-state index in [9.17, 15) is 0 Å². The minimum atomic E-state index is -0.315. The molecule has 12 nitrogen and oxygen atoms in total. The minimum Gasteiger partial charge on any atom is -0.490 e.